The minimum atomic E-state index is 0.147. The Balaban J connectivity index is 1.34. The summed E-state index contributed by atoms with van der Waals surface area (Å²) in [6.45, 7) is 5.06. The number of amides is 2. The lowest BCUT2D eigenvalue weighted by molar-refractivity contribution is 0.197. The maximum absolute atomic E-state index is 11.7. The molecule has 3 aliphatic rings. The monoisotopic (exact) mass is 257 g/mol. The standard InChI is InChI=1S/C15H19N3O/c19-15-16-6-7-18(15)14-12-9-17(10-13(12)14)8-11-4-2-1-3-5-11/h1-5,12-14H,6-10H2,(H,16,19). The molecule has 1 saturated carbocycles. The van der Waals surface area contributed by atoms with Gasteiger partial charge in [-0.05, 0) is 17.4 Å². The molecular weight excluding hydrogens is 238 g/mol. The van der Waals surface area contributed by atoms with Gasteiger partial charge in [0.25, 0.3) is 0 Å². The van der Waals surface area contributed by atoms with Gasteiger partial charge in [0.15, 0.2) is 0 Å². The summed E-state index contributed by atoms with van der Waals surface area (Å²) in [4.78, 5) is 16.2. The van der Waals surface area contributed by atoms with Crippen molar-refractivity contribution in [2.24, 2.45) is 11.8 Å². The third-order valence-electron chi connectivity index (χ3n) is 4.72. The zero-order chi connectivity index (χ0) is 12.8. The molecule has 1 aromatic carbocycles. The lowest BCUT2D eigenvalue weighted by Gasteiger charge is -2.23. The summed E-state index contributed by atoms with van der Waals surface area (Å²) in [5.41, 5.74) is 1.39. The average molecular weight is 257 g/mol. The number of carbonyl (C=O) groups is 1. The molecule has 19 heavy (non-hydrogen) atoms. The fraction of sp³-hybridized carbons (Fsp3) is 0.533. The van der Waals surface area contributed by atoms with Gasteiger partial charge >= 0.3 is 6.03 Å². The number of nitrogens with one attached hydrogen (secondary N) is 1. The van der Waals surface area contributed by atoms with Gasteiger partial charge in [-0.2, -0.15) is 0 Å². The van der Waals surface area contributed by atoms with Crippen LogP contribution in [0.2, 0.25) is 0 Å². The van der Waals surface area contributed by atoms with E-state index in [-0.39, 0.29) is 6.03 Å². The van der Waals surface area contributed by atoms with Crippen LogP contribution in [0.3, 0.4) is 0 Å². The quantitative estimate of drug-likeness (QED) is 0.881. The maximum atomic E-state index is 11.7. The summed E-state index contributed by atoms with van der Waals surface area (Å²) in [6.07, 6.45) is 0. The first-order chi connectivity index (χ1) is 9.33. The summed E-state index contributed by atoms with van der Waals surface area (Å²) in [6, 6.07) is 11.3. The highest BCUT2D eigenvalue weighted by Crippen LogP contribution is 2.49. The molecule has 2 amide bonds. The predicted octanol–water partition coefficient (Wildman–Crippen LogP) is 1.14. The number of hydrogen-bond donors (Lipinski definition) is 1. The zero-order valence-corrected chi connectivity index (χ0v) is 11.0. The molecule has 4 heteroatoms. The van der Waals surface area contributed by atoms with Crippen molar-refractivity contribution in [3.8, 4) is 0 Å². The van der Waals surface area contributed by atoms with Crippen LogP contribution in [-0.2, 0) is 6.54 Å². The molecule has 100 valence electrons. The lowest BCUT2D eigenvalue weighted by Crippen LogP contribution is -2.36. The van der Waals surface area contributed by atoms with E-state index in [2.05, 4.69) is 45.4 Å². The van der Waals surface area contributed by atoms with E-state index in [1.54, 1.807) is 0 Å². The van der Waals surface area contributed by atoms with E-state index < -0.39 is 0 Å². The number of likely N-dealkylation sites (tertiary alicyclic amines) is 1. The second kappa shape index (κ2) is 4.23. The minimum Gasteiger partial charge on any atom is -0.336 e. The fourth-order valence-electron chi connectivity index (χ4n) is 3.79. The molecule has 4 rings (SSSR count). The van der Waals surface area contributed by atoms with Gasteiger partial charge in [-0.25, -0.2) is 4.79 Å². The van der Waals surface area contributed by atoms with E-state index in [4.69, 9.17) is 0 Å². The average Bonchev–Trinajstić information content (AvgIpc) is 2.79. The molecule has 3 fully saturated rings. The Morgan fingerprint density at radius 3 is 2.53 bits per heavy atom. The van der Waals surface area contributed by atoms with E-state index in [0.29, 0.717) is 17.9 Å². The van der Waals surface area contributed by atoms with Gasteiger partial charge in [0, 0.05) is 38.8 Å². The Hall–Kier alpha value is -1.55. The molecule has 2 saturated heterocycles. The smallest absolute Gasteiger partial charge is 0.317 e. The third kappa shape index (κ3) is 1.91. The van der Waals surface area contributed by atoms with Crippen molar-refractivity contribution in [3.05, 3.63) is 35.9 Å². The molecule has 0 aromatic heterocycles. The summed E-state index contributed by atoms with van der Waals surface area (Å²) >= 11 is 0. The Morgan fingerprint density at radius 1 is 1.16 bits per heavy atom. The number of hydrogen-bond acceptors (Lipinski definition) is 2. The van der Waals surface area contributed by atoms with Gasteiger partial charge in [-0.3, -0.25) is 4.90 Å². The van der Waals surface area contributed by atoms with Crippen LogP contribution in [0.4, 0.5) is 4.79 Å². The molecule has 1 N–H and O–H groups in total. The second-order valence-electron chi connectivity index (χ2n) is 5.92. The van der Waals surface area contributed by atoms with Gasteiger partial charge < -0.3 is 10.2 Å². The number of rotatable bonds is 3. The topological polar surface area (TPSA) is 35.6 Å². The second-order valence-corrected chi connectivity index (χ2v) is 5.92. The highest BCUT2D eigenvalue weighted by Gasteiger charge is 2.59. The van der Waals surface area contributed by atoms with Crippen LogP contribution < -0.4 is 5.32 Å². The van der Waals surface area contributed by atoms with Gasteiger partial charge in [-0.15, -0.1) is 0 Å². The van der Waals surface area contributed by atoms with Crippen molar-refractivity contribution in [3.63, 3.8) is 0 Å². The third-order valence-corrected chi connectivity index (χ3v) is 4.72. The molecule has 1 aromatic rings. The molecule has 1 aliphatic carbocycles. The number of piperidine rings is 1. The summed E-state index contributed by atoms with van der Waals surface area (Å²) < 4.78 is 0. The first-order valence-electron chi connectivity index (χ1n) is 7.14. The number of carbonyl (C=O) groups excluding carboxylic acids is 1. The molecule has 2 unspecified atom stereocenters. The van der Waals surface area contributed by atoms with Gasteiger partial charge in [0.2, 0.25) is 0 Å². The Labute approximate surface area is 113 Å². The predicted molar refractivity (Wildman–Crippen MR) is 72.6 cm³/mol. The van der Waals surface area contributed by atoms with Crippen molar-refractivity contribution in [1.29, 1.82) is 0 Å². The number of nitrogens with zero attached hydrogens (tertiary/aromatic N) is 2. The molecular formula is C15H19N3O. The molecule has 0 spiro atoms. The summed E-state index contributed by atoms with van der Waals surface area (Å²) in [7, 11) is 0. The van der Waals surface area contributed by atoms with E-state index in [9.17, 15) is 4.79 Å². The number of urea groups is 1. The Bertz CT molecular complexity index is 477. The van der Waals surface area contributed by atoms with E-state index in [1.807, 2.05) is 0 Å². The largest absolute Gasteiger partial charge is 0.336 e. The first-order valence-corrected chi connectivity index (χ1v) is 7.14. The van der Waals surface area contributed by atoms with E-state index in [0.717, 1.165) is 32.7 Å². The van der Waals surface area contributed by atoms with Crippen molar-refractivity contribution < 1.29 is 4.79 Å². The first kappa shape index (κ1) is 11.3. The highest BCUT2D eigenvalue weighted by molar-refractivity contribution is 5.77. The number of fused-ring (bicyclic) bond motifs is 1. The molecule has 2 atom stereocenters. The fourth-order valence-corrected chi connectivity index (χ4v) is 3.79. The van der Waals surface area contributed by atoms with Gasteiger partial charge in [0.05, 0.1) is 0 Å². The summed E-state index contributed by atoms with van der Waals surface area (Å²) in [5.74, 6) is 1.43. The van der Waals surface area contributed by atoms with Gasteiger partial charge in [0.1, 0.15) is 0 Å². The Kier molecular flexibility index (Phi) is 2.52. The maximum Gasteiger partial charge on any atom is 0.317 e. The van der Waals surface area contributed by atoms with Crippen molar-refractivity contribution in [2.45, 2.75) is 12.6 Å². The van der Waals surface area contributed by atoms with Crippen LogP contribution in [0.15, 0.2) is 30.3 Å². The number of benzene rings is 1. The lowest BCUT2D eigenvalue weighted by atomic mass is 10.2. The minimum absolute atomic E-state index is 0.147. The summed E-state index contributed by atoms with van der Waals surface area (Å²) in [5, 5.41) is 2.90. The van der Waals surface area contributed by atoms with Crippen molar-refractivity contribution in [2.75, 3.05) is 26.2 Å². The van der Waals surface area contributed by atoms with Crippen molar-refractivity contribution in [1.82, 2.24) is 15.1 Å². The molecule has 2 heterocycles. The van der Waals surface area contributed by atoms with E-state index >= 15 is 0 Å². The zero-order valence-electron chi connectivity index (χ0n) is 11.0. The van der Waals surface area contributed by atoms with Crippen LogP contribution in [0, 0.1) is 11.8 Å². The highest BCUT2D eigenvalue weighted by atomic mass is 16.2. The SMILES string of the molecule is O=C1NCCN1C1C2CN(Cc3ccccc3)CC21. The Morgan fingerprint density at radius 2 is 1.89 bits per heavy atom. The molecule has 0 radical (unpaired) electrons. The van der Waals surface area contributed by atoms with Crippen LogP contribution in [0.25, 0.3) is 0 Å². The van der Waals surface area contributed by atoms with Crippen molar-refractivity contribution >= 4 is 6.03 Å². The van der Waals surface area contributed by atoms with Crippen LogP contribution in [0.1, 0.15) is 5.56 Å². The van der Waals surface area contributed by atoms with Gasteiger partial charge in [-0.1, -0.05) is 30.3 Å². The van der Waals surface area contributed by atoms with Crippen LogP contribution in [0.5, 0.6) is 0 Å². The van der Waals surface area contributed by atoms with Crippen LogP contribution in [-0.4, -0.2) is 48.1 Å². The molecule has 0 bridgehead atoms. The normalized spacial score (nSPS) is 33.4. The van der Waals surface area contributed by atoms with Crippen LogP contribution >= 0.6 is 0 Å². The molecule has 4 nitrogen and oxygen atoms in total. The molecule has 2 aliphatic heterocycles. The van der Waals surface area contributed by atoms with E-state index in [1.165, 1.54) is 5.56 Å².